The van der Waals surface area contributed by atoms with Crippen molar-refractivity contribution in [2.24, 2.45) is 0 Å². The Balaban J connectivity index is 1.44. The van der Waals surface area contributed by atoms with Crippen LogP contribution in [0.15, 0.2) is 35.2 Å². The minimum Gasteiger partial charge on any atom is -0.494 e. The molecule has 0 radical (unpaired) electrons. The second-order valence-electron chi connectivity index (χ2n) is 7.53. The van der Waals surface area contributed by atoms with Crippen molar-refractivity contribution in [1.82, 2.24) is 14.3 Å². The van der Waals surface area contributed by atoms with Gasteiger partial charge >= 0.3 is 0 Å². The van der Waals surface area contributed by atoms with E-state index in [9.17, 15) is 8.42 Å². The lowest BCUT2D eigenvalue weighted by Gasteiger charge is -2.35. The van der Waals surface area contributed by atoms with Gasteiger partial charge in [-0.1, -0.05) is 0 Å². The summed E-state index contributed by atoms with van der Waals surface area (Å²) >= 11 is 0. The number of benzene rings is 1. The van der Waals surface area contributed by atoms with Crippen molar-refractivity contribution in [3.63, 3.8) is 0 Å². The average Bonchev–Trinajstić information content (AvgIpc) is 2.80. The predicted molar refractivity (Wildman–Crippen MR) is 118 cm³/mol. The molecule has 2 fully saturated rings. The van der Waals surface area contributed by atoms with E-state index in [1.165, 1.54) is 4.31 Å². The molecule has 0 bridgehead atoms. The SMILES string of the molecule is CCOc1ccc(S(=O)(=O)N2CCN(c3cc(N4CCOCC4)nc(C)n3)CC2)cc1. The summed E-state index contributed by atoms with van der Waals surface area (Å²) in [5.41, 5.74) is 0. The van der Waals surface area contributed by atoms with Crippen LogP contribution in [0.3, 0.4) is 0 Å². The van der Waals surface area contributed by atoms with E-state index in [1.807, 2.05) is 19.9 Å². The molecule has 0 amide bonds. The normalized spacial score (nSPS) is 18.3. The van der Waals surface area contributed by atoms with Crippen molar-refractivity contribution in [2.75, 3.05) is 68.9 Å². The summed E-state index contributed by atoms with van der Waals surface area (Å²) in [4.78, 5) is 13.8. The Morgan fingerprint density at radius 3 is 2.10 bits per heavy atom. The Hall–Kier alpha value is -2.43. The Labute approximate surface area is 183 Å². The lowest BCUT2D eigenvalue weighted by Crippen LogP contribution is -2.49. The number of aromatic nitrogens is 2. The van der Waals surface area contributed by atoms with Crippen LogP contribution in [0.5, 0.6) is 5.75 Å². The third-order valence-electron chi connectivity index (χ3n) is 5.48. The van der Waals surface area contributed by atoms with Crippen LogP contribution in [0.1, 0.15) is 12.7 Å². The summed E-state index contributed by atoms with van der Waals surface area (Å²) in [7, 11) is -3.54. The van der Waals surface area contributed by atoms with Gasteiger partial charge in [-0.15, -0.1) is 0 Å². The van der Waals surface area contributed by atoms with E-state index in [4.69, 9.17) is 9.47 Å². The van der Waals surface area contributed by atoms with E-state index in [2.05, 4.69) is 19.8 Å². The Bertz CT molecular complexity index is 985. The van der Waals surface area contributed by atoms with Crippen LogP contribution >= 0.6 is 0 Å². The van der Waals surface area contributed by atoms with Crippen molar-refractivity contribution in [3.05, 3.63) is 36.2 Å². The third kappa shape index (κ3) is 4.91. The Morgan fingerprint density at radius 1 is 0.935 bits per heavy atom. The smallest absolute Gasteiger partial charge is 0.243 e. The monoisotopic (exact) mass is 447 g/mol. The summed E-state index contributed by atoms with van der Waals surface area (Å²) in [6, 6.07) is 8.60. The summed E-state index contributed by atoms with van der Waals surface area (Å²) in [6.45, 7) is 9.31. The zero-order chi connectivity index (χ0) is 21.8. The minimum atomic E-state index is -3.54. The molecular weight excluding hydrogens is 418 g/mol. The molecule has 0 spiro atoms. The van der Waals surface area contributed by atoms with E-state index in [0.717, 1.165) is 24.7 Å². The maximum absolute atomic E-state index is 13.0. The van der Waals surface area contributed by atoms with E-state index in [1.54, 1.807) is 24.3 Å². The quantitative estimate of drug-likeness (QED) is 0.659. The summed E-state index contributed by atoms with van der Waals surface area (Å²) in [5.74, 6) is 3.12. The van der Waals surface area contributed by atoms with E-state index >= 15 is 0 Å². The van der Waals surface area contributed by atoms with Crippen LogP contribution in [0.2, 0.25) is 0 Å². The van der Waals surface area contributed by atoms with Crippen LogP contribution < -0.4 is 14.5 Å². The zero-order valence-electron chi connectivity index (χ0n) is 18.0. The fourth-order valence-corrected chi connectivity index (χ4v) is 5.26. The zero-order valence-corrected chi connectivity index (χ0v) is 18.8. The summed E-state index contributed by atoms with van der Waals surface area (Å²) < 4.78 is 38.5. The third-order valence-corrected chi connectivity index (χ3v) is 7.39. The number of nitrogens with zero attached hydrogens (tertiary/aromatic N) is 5. The second kappa shape index (κ2) is 9.37. The maximum Gasteiger partial charge on any atom is 0.243 e. The standard InChI is InChI=1S/C21H29N5O4S/c1-3-30-18-4-6-19(7-5-18)31(27,28)26-10-8-24(9-11-26)20-16-21(23-17(2)22-20)25-12-14-29-15-13-25/h4-7,16H,3,8-15H2,1-2H3. The van der Waals surface area contributed by atoms with Gasteiger partial charge < -0.3 is 19.3 Å². The lowest BCUT2D eigenvalue weighted by molar-refractivity contribution is 0.122. The molecule has 0 N–H and O–H groups in total. The number of hydrogen-bond acceptors (Lipinski definition) is 8. The number of morpholine rings is 1. The van der Waals surface area contributed by atoms with E-state index < -0.39 is 10.0 Å². The summed E-state index contributed by atoms with van der Waals surface area (Å²) in [6.07, 6.45) is 0. The fraction of sp³-hybridized carbons (Fsp3) is 0.524. The first-order valence-corrected chi connectivity index (χ1v) is 12.1. The molecule has 2 aliphatic heterocycles. The number of ether oxygens (including phenoxy) is 2. The first kappa shape index (κ1) is 21.8. The first-order valence-electron chi connectivity index (χ1n) is 10.6. The van der Waals surface area contributed by atoms with Crippen LogP contribution in [-0.2, 0) is 14.8 Å². The Kier molecular flexibility index (Phi) is 6.59. The second-order valence-corrected chi connectivity index (χ2v) is 9.46. The number of rotatable bonds is 6. The molecular formula is C21H29N5O4S. The van der Waals surface area contributed by atoms with Gasteiger partial charge in [-0.3, -0.25) is 0 Å². The van der Waals surface area contributed by atoms with Crippen LogP contribution in [0, 0.1) is 6.92 Å². The molecule has 2 aromatic rings. The van der Waals surface area contributed by atoms with Gasteiger partial charge in [0, 0.05) is 45.3 Å². The molecule has 9 nitrogen and oxygen atoms in total. The largest absolute Gasteiger partial charge is 0.494 e. The lowest BCUT2D eigenvalue weighted by atomic mass is 10.3. The number of hydrogen-bond donors (Lipinski definition) is 0. The molecule has 2 aliphatic rings. The van der Waals surface area contributed by atoms with Crippen molar-refractivity contribution >= 4 is 21.7 Å². The van der Waals surface area contributed by atoms with Gasteiger partial charge in [0.15, 0.2) is 0 Å². The van der Waals surface area contributed by atoms with Crippen molar-refractivity contribution < 1.29 is 17.9 Å². The fourth-order valence-electron chi connectivity index (χ4n) is 3.83. The molecule has 1 aromatic carbocycles. The van der Waals surface area contributed by atoms with Crippen molar-refractivity contribution in [2.45, 2.75) is 18.7 Å². The number of aryl methyl sites for hydroxylation is 1. The highest BCUT2D eigenvalue weighted by molar-refractivity contribution is 7.89. The molecule has 3 heterocycles. The molecule has 168 valence electrons. The molecule has 1 aromatic heterocycles. The highest BCUT2D eigenvalue weighted by Crippen LogP contribution is 2.24. The van der Waals surface area contributed by atoms with Crippen molar-refractivity contribution in [1.29, 1.82) is 0 Å². The van der Waals surface area contributed by atoms with Crippen LogP contribution in [-0.4, -0.2) is 81.8 Å². The van der Waals surface area contributed by atoms with Gasteiger partial charge in [0.2, 0.25) is 10.0 Å². The molecule has 0 atom stereocenters. The van der Waals surface area contributed by atoms with Crippen LogP contribution in [0.25, 0.3) is 0 Å². The highest BCUT2D eigenvalue weighted by Gasteiger charge is 2.29. The van der Waals surface area contributed by atoms with Crippen LogP contribution in [0.4, 0.5) is 11.6 Å². The van der Waals surface area contributed by atoms with Gasteiger partial charge in [0.1, 0.15) is 23.2 Å². The van der Waals surface area contributed by atoms with Gasteiger partial charge in [-0.05, 0) is 38.1 Å². The van der Waals surface area contributed by atoms with E-state index in [0.29, 0.717) is 57.6 Å². The first-order chi connectivity index (χ1) is 15.0. The molecule has 10 heteroatoms. The topological polar surface area (TPSA) is 88.1 Å². The molecule has 0 aliphatic carbocycles. The Morgan fingerprint density at radius 2 is 1.52 bits per heavy atom. The highest BCUT2D eigenvalue weighted by atomic mass is 32.2. The number of anilines is 2. The molecule has 4 rings (SSSR count). The maximum atomic E-state index is 13.0. The van der Waals surface area contributed by atoms with Gasteiger partial charge in [0.05, 0.1) is 24.7 Å². The minimum absolute atomic E-state index is 0.289. The van der Waals surface area contributed by atoms with E-state index in [-0.39, 0.29) is 4.90 Å². The molecule has 0 unspecified atom stereocenters. The number of piperazine rings is 1. The van der Waals surface area contributed by atoms with Gasteiger partial charge in [-0.2, -0.15) is 4.31 Å². The molecule has 0 saturated carbocycles. The molecule has 2 saturated heterocycles. The number of sulfonamides is 1. The van der Waals surface area contributed by atoms with Gasteiger partial charge in [-0.25, -0.2) is 18.4 Å². The van der Waals surface area contributed by atoms with Crippen molar-refractivity contribution in [3.8, 4) is 5.75 Å². The average molecular weight is 448 g/mol. The van der Waals surface area contributed by atoms with Gasteiger partial charge in [0.25, 0.3) is 0 Å². The summed E-state index contributed by atoms with van der Waals surface area (Å²) in [5, 5.41) is 0. The predicted octanol–water partition coefficient (Wildman–Crippen LogP) is 1.53. The molecule has 31 heavy (non-hydrogen) atoms.